The molecule has 2 rings (SSSR count). The summed E-state index contributed by atoms with van der Waals surface area (Å²) in [7, 11) is 0. The standard InChI is InChI=1S/C11H8Br3ClN2O/c12-11(13,14)10-7-16-17(18-10)6-5-8-1-3-9(15)4-2-8/h1-7,10H. The number of alkyl halides is 3. The molecule has 0 N–H and O–H groups in total. The van der Waals surface area contributed by atoms with Crippen molar-refractivity contribution in [3.63, 3.8) is 0 Å². The lowest BCUT2D eigenvalue weighted by molar-refractivity contribution is -0.114. The van der Waals surface area contributed by atoms with Crippen LogP contribution in [0.25, 0.3) is 6.08 Å². The van der Waals surface area contributed by atoms with Crippen LogP contribution in [0, 0.1) is 0 Å². The van der Waals surface area contributed by atoms with E-state index in [9.17, 15) is 0 Å². The molecule has 0 aliphatic carbocycles. The van der Waals surface area contributed by atoms with Gasteiger partial charge in [0.25, 0.3) is 0 Å². The summed E-state index contributed by atoms with van der Waals surface area (Å²) in [6, 6.07) is 7.50. The van der Waals surface area contributed by atoms with Crippen molar-refractivity contribution in [1.29, 1.82) is 0 Å². The van der Waals surface area contributed by atoms with Gasteiger partial charge in [-0.2, -0.15) is 5.10 Å². The van der Waals surface area contributed by atoms with Gasteiger partial charge in [0, 0.05) is 5.02 Å². The van der Waals surface area contributed by atoms with E-state index in [4.69, 9.17) is 16.4 Å². The second kappa shape index (κ2) is 6.05. The fourth-order valence-electron chi connectivity index (χ4n) is 1.24. The van der Waals surface area contributed by atoms with Crippen LogP contribution in [0.5, 0.6) is 0 Å². The van der Waals surface area contributed by atoms with Crippen molar-refractivity contribution in [2.24, 2.45) is 5.10 Å². The van der Waals surface area contributed by atoms with Crippen LogP contribution < -0.4 is 0 Å². The normalized spacial score (nSPS) is 20.0. The summed E-state index contributed by atoms with van der Waals surface area (Å²) in [5.41, 5.74) is 1.02. The van der Waals surface area contributed by atoms with Crippen LogP contribution in [0.3, 0.4) is 0 Å². The highest BCUT2D eigenvalue weighted by atomic mass is 80.0. The Kier molecular flexibility index (Phi) is 4.88. The van der Waals surface area contributed by atoms with Crippen LogP contribution in [0.2, 0.25) is 5.02 Å². The van der Waals surface area contributed by atoms with Crippen LogP contribution in [0.4, 0.5) is 0 Å². The first-order valence-corrected chi connectivity index (χ1v) is 7.71. The zero-order chi connectivity index (χ0) is 13.2. The molecule has 1 heterocycles. The summed E-state index contributed by atoms with van der Waals surface area (Å²) in [5.74, 6) is 0. The van der Waals surface area contributed by atoms with E-state index in [2.05, 4.69) is 52.9 Å². The van der Waals surface area contributed by atoms with Crippen LogP contribution in [-0.4, -0.2) is 19.6 Å². The van der Waals surface area contributed by atoms with Crippen LogP contribution in [-0.2, 0) is 4.84 Å². The summed E-state index contributed by atoms with van der Waals surface area (Å²) in [6.45, 7) is 0. The Morgan fingerprint density at radius 3 is 2.50 bits per heavy atom. The molecule has 0 radical (unpaired) electrons. The molecule has 0 fully saturated rings. The predicted molar refractivity (Wildman–Crippen MR) is 85.2 cm³/mol. The maximum absolute atomic E-state index is 5.81. The molecule has 1 atom stereocenters. The Morgan fingerprint density at radius 1 is 1.28 bits per heavy atom. The molecule has 7 heteroatoms. The maximum Gasteiger partial charge on any atom is 0.168 e. The number of hydrogen-bond acceptors (Lipinski definition) is 3. The number of hydroxylamine groups is 1. The van der Waals surface area contributed by atoms with Gasteiger partial charge in [-0.15, -0.1) is 5.17 Å². The van der Waals surface area contributed by atoms with Gasteiger partial charge in [0.05, 0.1) is 12.4 Å². The van der Waals surface area contributed by atoms with Gasteiger partial charge in [-0.1, -0.05) is 71.5 Å². The van der Waals surface area contributed by atoms with E-state index in [0.717, 1.165) is 5.56 Å². The highest BCUT2D eigenvalue weighted by Crippen LogP contribution is 2.39. The summed E-state index contributed by atoms with van der Waals surface area (Å²) in [4.78, 5) is 5.53. The molecule has 1 unspecified atom stereocenters. The minimum atomic E-state index is -0.515. The summed E-state index contributed by atoms with van der Waals surface area (Å²) < 4.78 is -0.515. The van der Waals surface area contributed by atoms with Crippen molar-refractivity contribution in [3.05, 3.63) is 41.1 Å². The number of rotatable bonds is 2. The molecular formula is C11H8Br3ClN2O. The number of nitrogens with zero attached hydrogens (tertiary/aromatic N) is 2. The first kappa shape index (κ1) is 14.5. The number of hydrogen-bond donors (Lipinski definition) is 0. The summed E-state index contributed by atoms with van der Waals surface area (Å²) in [5, 5.41) is 6.21. The van der Waals surface area contributed by atoms with Crippen LogP contribution in [0.15, 0.2) is 35.6 Å². The number of hydrazone groups is 1. The SMILES string of the molecule is Clc1ccc(C=CN2N=CC(C(Br)(Br)Br)O2)cc1. The molecule has 18 heavy (non-hydrogen) atoms. The van der Waals surface area contributed by atoms with E-state index in [1.807, 2.05) is 30.3 Å². The lowest BCUT2D eigenvalue weighted by Gasteiger charge is -2.18. The van der Waals surface area contributed by atoms with Gasteiger partial charge in [-0.3, -0.25) is 0 Å². The van der Waals surface area contributed by atoms with Gasteiger partial charge >= 0.3 is 0 Å². The van der Waals surface area contributed by atoms with Crippen LogP contribution in [0.1, 0.15) is 5.56 Å². The molecule has 3 nitrogen and oxygen atoms in total. The van der Waals surface area contributed by atoms with E-state index < -0.39 is 2.14 Å². The molecule has 1 aromatic carbocycles. The Balaban J connectivity index is 1.96. The van der Waals surface area contributed by atoms with E-state index in [1.165, 1.54) is 5.17 Å². The highest BCUT2D eigenvalue weighted by molar-refractivity contribution is 9.39. The largest absolute Gasteiger partial charge is 0.240 e. The molecule has 1 aliphatic rings. The third-order valence-electron chi connectivity index (χ3n) is 2.12. The molecule has 0 aromatic heterocycles. The van der Waals surface area contributed by atoms with E-state index in [1.54, 1.807) is 12.4 Å². The third-order valence-corrected chi connectivity index (χ3v) is 3.73. The van der Waals surface area contributed by atoms with Gasteiger partial charge in [0.1, 0.15) is 0 Å². The Morgan fingerprint density at radius 2 is 1.94 bits per heavy atom. The third kappa shape index (κ3) is 4.06. The van der Waals surface area contributed by atoms with Gasteiger partial charge in [0.15, 0.2) is 8.25 Å². The zero-order valence-corrected chi connectivity index (χ0v) is 14.4. The van der Waals surface area contributed by atoms with Crippen LogP contribution >= 0.6 is 59.4 Å². The fourth-order valence-corrected chi connectivity index (χ4v) is 1.97. The average Bonchev–Trinajstić information content (AvgIpc) is 2.77. The Hall–Kier alpha value is 0.120. The van der Waals surface area contributed by atoms with E-state index in [0.29, 0.717) is 5.02 Å². The summed E-state index contributed by atoms with van der Waals surface area (Å²) >= 11 is 16.0. The fraction of sp³-hybridized carbons (Fsp3) is 0.182. The molecule has 0 saturated carbocycles. The summed E-state index contributed by atoms with van der Waals surface area (Å²) in [6.07, 6.45) is 5.06. The van der Waals surface area contributed by atoms with Crippen molar-refractivity contribution >= 4 is 71.7 Å². The minimum absolute atomic E-state index is 0.243. The molecule has 1 aromatic rings. The average molecular weight is 459 g/mol. The van der Waals surface area contributed by atoms with Crippen molar-refractivity contribution in [3.8, 4) is 0 Å². The van der Waals surface area contributed by atoms with E-state index >= 15 is 0 Å². The second-order valence-electron chi connectivity index (χ2n) is 3.50. The van der Waals surface area contributed by atoms with Crippen molar-refractivity contribution in [2.75, 3.05) is 0 Å². The van der Waals surface area contributed by atoms with Gasteiger partial charge in [-0.05, 0) is 23.8 Å². The quantitative estimate of drug-likeness (QED) is 0.597. The molecule has 0 bridgehead atoms. The topological polar surface area (TPSA) is 24.8 Å². The molecule has 1 aliphatic heterocycles. The smallest absolute Gasteiger partial charge is 0.168 e. The van der Waals surface area contributed by atoms with E-state index in [-0.39, 0.29) is 6.10 Å². The van der Waals surface area contributed by atoms with Gasteiger partial charge in [0.2, 0.25) is 0 Å². The van der Waals surface area contributed by atoms with Crippen molar-refractivity contribution < 1.29 is 4.84 Å². The maximum atomic E-state index is 5.81. The lowest BCUT2D eigenvalue weighted by Crippen LogP contribution is -2.27. The molecule has 0 amide bonds. The monoisotopic (exact) mass is 456 g/mol. The first-order chi connectivity index (χ1) is 8.45. The molecule has 0 saturated heterocycles. The predicted octanol–water partition coefficient (Wildman–Crippen LogP) is 4.75. The molecule has 96 valence electrons. The van der Waals surface area contributed by atoms with Crippen molar-refractivity contribution in [2.45, 2.75) is 8.25 Å². The molecular weight excluding hydrogens is 451 g/mol. The Labute approximate surface area is 135 Å². The zero-order valence-electron chi connectivity index (χ0n) is 8.93. The second-order valence-corrected chi connectivity index (χ2v) is 10.9. The van der Waals surface area contributed by atoms with Gasteiger partial charge in [-0.25, -0.2) is 4.84 Å². The first-order valence-electron chi connectivity index (χ1n) is 4.96. The Bertz CT molecular complexity index is 470. The number of benzene rings is 1. The minimum Gasteiger partial charge on any atom is -0.240 e. The highest BCUT2D eigenvalue weighted by Gasteiger charge is 2.35. The van der Waals surface area contributed by atoms with Crippen molar-refractivity contribution in [1.82, 2.24) is 5.17 Å². The van der Waals surface area contributed by atoms with Gasteiger partial charge < -0.3 is 0 Å². The lowest BCUT2D eigenvalue weighted by atomic mass is 10.2. The number of halogens is 4. The molecule has 0 spiro atoms.